The summed E-state index contributed by atoms with van der Waals surface area (Å²) in [6, 6.07) is 0. The van der Waals surface area contributed by atoms with Crippen LogP contribution in [0.15, 0.2) is 0 Å². The first-order valence-electron chi connectivity index (χ1n) is 7.17. The summed E-state index contributed by atoms with van der Waals surface area (Å²) in [5.74, 6) is 6.25. The van der Waals surface area contributed by atoms with Crippen molar-refractivity contribution in [1.82, 2.24) is 0 Å². The summed E-state index contributed by atoms with van der Waals surface area (Å²) < 4.78 is 0. The summed E-state index contributed by atoms with van der Waals surface area (Å²) in [7, 11) is 0. The lowest BCUT2D eigenvalue weighted by molar-refractivity contribution is 0.120. The largest absolute Gasteiger partial charge is 0.0651 e. The number of rotatable bonds is 2. The first kappa shape index (κ1) is 11.5. The number of hydrogen-bond donors (Lipinski definition) is 0. The fourth-order valence-corrected chi connectivity index (χ4v) is 4.59. The van der Waals surface area contributed by atoms with Crippen LogP contribution in [0.3, 0.4) is 0 Å². The molecule has 0 saturated heterocycles. The molecule has 15 heavy (non-hydrogen) atoms. The summed E-state index contributed by atoms with van der Waals surface area (Å²) in [4.78, 5) is 0. The van der Waals surface area contributed by atoms with Crippen molar-refractivity contribution >= 4 is 0 Å². The molecule has 2 fully saturated rings. The lowest BCUT2D eigenvalue weighted by atomic mass is 9.68. The van der Waals surface area contributed by atoms with E-state index < -0.39 is 0 Å². The Bertz CT molecular complexity index is 206. The van der Waals surface area contributed by atoms with Gasteiger partial charge in [-0.15, -0.1) is 0 Å². The van der Waals surface area contributed by atoms with Crippen LogP contribution in [0.2, 0.25) is 0 Å². The third-order valence-corrected chi connectivity index (χ3v) is 5.73. The third-order valence-electron chi connectivity index (χ3n) is 5.73. The van der Waals surface area contributed by atoms with Crippen LogP contribution in [-0.4, -0.2) is 0 Å². The van der Waals surface area contributed by atoms with Crippen molar-refractivity contribution in [3.8, 4) is 0 Å². The monoisotopic (exact) mass is 208 g/mol. The number of fused-ring (bicyclic) bond motifs is 1. The Balaban J connectivity index is 2.04. The summed E-state index contributed by atoms with van der Waals surface area (Å²) >= 11 is 0. The van der Waals surface area contributed by atoms with Crippen molar-refractivity contribution in [2.75, 3.05) is 0 Å². The first-order valence-corrected chi connectivity index (χ1v) is 7.17. The lowest BCUT2D eigenvalue weighted by Crippen LogP contribution is -2.29. The Morgan fingerprint density at radius 2 is 1.47 bits per heavy atom. The van der Waals surface area contributed by atoms with Crippen LogP contribution in [-0.2, 0) is 0 Å². The van der Waals surface area contributed by atoms with Crippen LogP contribution in [0.1, 0.15) is 59.8 Å². The van der Waals surface area contributed by atoms with E-state index in [-0.39, 0.29) is 0 Å². The zero-order valence-corrected chi connectivity index (χ0v) is 11.0. The minimum Gasteiger partial charge on any atom is -0.0651 e. The predicted molar refractivity (Wildman–Crippen MR) is 66.7 cm³/mol. The van der Waals surface area contributed by atoms with Gasteiger partial charge < -0.3 is 0 Å². The Labute approximate surface area is 95.8 Å². The third kappa shape index (κ3) is 1.97. The second-order valence-electron chi connectivity index (χ2n) is 6.30. The molecule has 0 aromatic heterocycles. The Kier molecular flexibility index (Phi) is 3.42. The molecule has 2 saturated carbocycles. The molecule has 0 nitrogen and oxygen atoms in total. The Morgan fingerprint density at radius 1 is 0.867 bits per heavy atom. The van der Waals surface area contributed by atoms with Gasteiger partial charge in [-0.3, -0.25) is 0 Å². The molecular formula is C15H28. The second kappa shape index (κ2) is 4.47. The van der Waals surface area contributed by atoms with Gasteiger partial charge in [-0.2, -0.15) is 0 Å². The van der Waals surface area contributed by atoms with E-state index in [0.717, 1.165) is 35.5 Å². The normalized spacial score (nSPS) is 50.4. The molecule has 2 aliphatic rings. The van der Waals surface area contributed by atoms with Crippen LogP contribution in [0, 0.1) is 35.5 Å². The maximum atomic E-state index is 2.53. The maximum absolute atomic E-state index is 2.53. The van der Waals surface area contributed by atoms with Crippen molar-refractivity contribution in [2.45, 2.75) is 59.8 Å². The molecule has 6 atom stereocenters. The molecule has 0 N–H and O–H groups in total. The van der Waals surface area contributed by atoms with Crippen LogP contribution in [0.25, 0.3) is 0 Å². The predicted octanol–water partition coefficient (Wildman–Crippen LogP) is 4.74. The second-order valence-corrected chi connectivity index (χ2v) is 6.30. The van der Waals surface area contributed by atoms with Gasteiger partial charge in [-0.25, -0.2) is 0 Å². The van der Waals surface area contributed by atoms with Gasteiger partial charge >= 0.3 is 0 Å². The molecule has 0 amide bonds. The van der Waals surface area contributed by atoms with E-state index in [4.69, 9.17) is 0 Å². The van der Waals surface area contributed by atoms with Crippen molar-refractivity contribution in [1.29, 1.82) is 0 Å². The summed E-state index contributed by atoms with van der Waals surface area (Å²) in [5, 5.41) is 0. The molecule has 0 heterocycles. The smallest absolute Gasteiger partial charge is 0.0355 e. The summed E-state index contributed by atoms with van der Waals surface area (Å²) in [5.41, 5.74) is 0. The highest BCUT2D eigenvalue weighted by Crippen LogP contribution is 2.53. The van der Waals surface area contributed by atoms with Crippen LogP contribution >= 0.6 is 0 Å². The standard InChI is InChI=1S/C15H28/c1-5-12-8-14-9-13(6-2)11(4)15(14)7-10(12)3/h10-15H,5-9H2,1-4H3. The Morgan fingerprint density at radius 3 is 2.07 bits per heavy atom. The molecule has 2 rings (SSSR count). The quantitative estimate of drug-likeness (QED) is 0.615. The van der Waals surface area contributed by atoms with E-state index in [1.807, 2.05) is 0 Å². The minimum atomic E-state index is 0.995. The average Bonchev–Trinajstić information content (AvgIpc) is 2.54. The molecule has 0 bridgehead atoms. The molecule has 0 aromatic carbocycles. The van der Waals surface area contributed by atoms with Gasteiger partial charge in [-0.1, -0.05) is 40.5 Å². The van der Waals surface area contributed by atoms with E-state index in [1.165, 1.54) is 19.3 Å². The minimum absolute atomic E-state index is 0.995. The Hall–Kier alpha value is 0. The van der Waals surface area contributed by atoms with Gasteiger partial charge in [0.05, 0.1) is 0 Å². The van der Waals surface area contributed by atoms with Gasteiger partial charge in [0.1, 0.15) is 0 Å². The molecule has 2 aliphatic carbocycles. The van der Waals surface area contributed by atoms with E-state index in [9.17, 15) is 0 Å². The van der Waals surface area contributed by atoms with Crippen molar-refractivity contribution < 1.29 is 0 Å². The first-order chi connectivity index (χ1) is 7.17. The van der Waals surface area contributed by atoms with Crippen LogP contribution in [0.4, 0.5) is 0 Å². The SMILES string of the molecule is CCC1CC2CC(CC)C(C)C2CC1C. The van der Waals surface area contributed by atoms with Gasteiger partial charge in [-0.05, 0) is 54.8 Å². The number of hydrogen-bond acceptors (Lipinski definition) is 0. The van der Waals surface area contributed by atoms with Gasteiger partial charge in [0.25, 0.3) is 0 Å². The topological polar surface area (TPSA) is 0 Å². The summed E-state index contributed by atoms with van der Waals surface area (Å²) in [6.45, 7) is 9.80. The van der Waals surface area contributed by atoms with E-state index in [1.54, 1.807) is 12.8 Å². The maximum Gasteiger partial charge on any atom is -0.0355 e. The molecule has 0 spiro atoms. The van der Waals surface area contributed by atoms with E-state index in [2.05, 4.69) is 27.7 Å². The average molecular weight is 208 g/mol. The fraction of sp³-hybridized carbons (Fsp3) is 1.00. The fourth-order valence-electron chi connectivity index (χ4n) is 4.59. The molecular weight excluding hydrogens is 180 g/mol. The van der Waals surface area contributed by atoms with Crippen molar-refractivity contribution in [3.05, 3.63) is 0 Å². The van der Waals surface area contributed by atoms with Crippen molar-refractivity contribution in [2.24, 2.45) is 35.5 Å². The molecule has 88 valence electrons. The molecule has 6 unspecified atom stereocenters. The van der Waals surface area contributed by atoms with Crippen molar-refractivity contribution in [3.63, 3.8) is 0 Å². The zero-order chi connectivity index (χ0) is 11.0. The van der Waals surface area contributed by atoms with Crippen LogP contribution < -0.4 is 0 Å². The van der Waals surface area contributed by atoms with Gasteiger partial charge in [0, 0.05) is 0 Å². The lowest BCUT2D eigenvalue weighted by Gasteiger charge is -2.38. The highest BCUT2D eigenvalue weighted by atomic mass is 14.5. The molecule has 0 aliphatic heterocycles. The summed E-state index contributed by atoms with van der Waals surface area (Å²) in [6.07, 6.45) is 7.45. The highest BCUT2D eigenvalue weighted by Gasteiger charge is 2.44. The molecule has 0 radical (unpaired) electrons. The highest BCUT2D eigenvalue weighted by molar-refractivity contribution is 4.94. The van der Waals surface area contributed by atoms with E-state index in [0.29, 0.717) is 0 Å². The van der Waals surface area contributed by atoms with Gasteiger partial charge in [0.15, 0.2) is 0 Å². The van der Waals surface area contributed by atoms with E-state index >= 15 is 0 Å². The van der Waals surface area contributed by atoms with Crippen LogP contribution in [0.5, 0.6) is 0 Å². The molecule has 0 heteroatoms. The molecule has 0 aromatic rings. The van der Waals surface area contributed by atoms with Gasteiger partial charge in [0.2, 0.25) is 0 Å². The zero-order valence-electron chi connectivity index (χ0n) is 11.0.